The normalized spacial score (nSPS) is 12.1. The van der Waals surface area contributed by atoms with E-state index in [2.05, 4.69) is 0 Å². The molecule has 0 aromatic heterocycles. The number of sulfone groups is 1. The quantitative estimate of drug-likeness (QED) is 0.276. The van der Waals surface area contributed by atoms with Crippen molar-refractivity contribution in [3.05, 3.63) is 119 Å². The maximum Gasteiger partial charge on any atom is 0.243 e. The van der Waals surface area contributed by atoms with Crippen molar-refractivity contribution in [1.29, 1.82) is 0 Å². The minimum absolute atomic E-state index is 0.0223. The molecule has 0 spiro atoms. The Hall–Kier alpha value is -3.04. The zero-order valence-electron chi connectivity index (χ0n) is 19.3. The lowest BCUT2D eigenvalue weighted by molar-refractivity contribution is 0.394. The summed E-state index contributed by atoms with van der Waals surface area (Å²) in [5, 5.41) is 0.143. The molecule has 4 rings (SSSR count). The first-order valence-electron chi connectivity index (χ1n) is 10.9. The molecule has 186 valence electrons. The molecule has 0 amide bonds. The van der Waals surface area contributed by atoms with E-state index in [0.29, 0.717) is 5.56 Å². The van der Waals surface area contributed by atoms with Crippen molar-refractivity contribution in [3.63, 3.8) is 0 Å². The molecule has 36 heavy (non-hydrogen) atoms. The Morgan fingerprint density at radius 3 is 2.00 bits per heavy atom. The molecule has 0 fully saturated rings. The van der Waals surface area contributed by atoms with Gasteiger partial charge in [0, 0.05) is 29.9 Å². The monoisotopic (exact) mass is 543 g/mol. The fourth-order valence-corrected chi connectivity index (χ4v) is 6.05. The number of hydrogen-bond acceptors (Lipinski definition) is 4. The van der Waals surface area contributed by atoms with Crippen LogP contribution in [0.25, 0.3) is 11.1 Å². The van der Waals surface area contributed by atoms with Crippen LogP contribution in [0, 0.1) is 5.82 Å². The predicted octanol–water partition coefficient (Wildman–Crippen LogP) is 5.94. The van der Waals surface area contributed by atoms with E-state index in [-0.39, 0.29) is 33.5 Å². The number of nitrogens with zero attached hydrogens (tertiary/aromatic N) is 1. The van der Waals surface area contributed by atoms with Gasteiger partial charge in [-0.25, -0.2) is 21.2 Å². The first-order chi connectivity index (χ1) is 17.1. The summed E-state index contributed by atoms with van der Waals surface area (Å²) in [5.41, 5.74) is 2.26. The van der Waals surface area contributed by atoms with Crippen molar-refractivity contribution in [1.82, 2.24) is 4.31 Å². The summed E-state index contributed by atoms with van der Waals surface area (Å²) in [6, 6.07) is 25.9. The van der Waals surface area contributed by atoms with Crippen LogP contribution in [0.4, 0.5) is 4.39 Å². The van der Waals surface area contributed by atoms with Crippen LogP contribution >= 0.6 is 11.6 Å². The summed E-state index contributed by atoms with van der Waals surface area (Å²) >= 11 is 6.20. The topological polar surface area (TPSA) is 71.5 Å². The van der Waals surface area contributed by atoms with E-state index in [1.807, 2.05) is 0 Å². The van der Waals surface area contributed by atoms with Crippen LogP contribution in [0.5, 0.6) is 0 Å². The molecule has 0 aliphatic rings. The van der Waals surface area contributed by atoms with Crippen molar-refractivity contribution in [2.45, 2.75) is 22.9 Å². The highest BCUT2D eigenvalue weighted by Gasteiger charge is 2.26. The lowest BCUT2D eigenvalue weighted by Gasteiger charge is -2.23. The summed E-state index contributed by atoms with van der Waals surface area (Å²) in [5.74, 6) is -0.586. The molecule has 0 saturated carbocycles. The molecule has 5 nitrogen and oxygen atoms in total. The fourth-order valence-electron chi connectivity index (χ4n) is 3.74. The third-order valence-corrected chi connectivity index (χ3v) is 8.96. The molecular formula is C27H23ClFNO4S2. The number of benzene rings is 4. The number of rotatable bonds is 8. The SMILES string of the molecule is CS(=O)(=O)c1cccc(-c2ccc(CN(Cc3c(F)cccc3Cl)S(=O)(=O)c3ccccc3)cc2)c1. The minimum Gasteiger partial charge on any atom is -0.224 e. The van der Waals surface area contributed by atoms with E-state index in [1.165, 1.54) is 40.7 Å². The molecule has 0 bridgehead atoms. The second-order valence-electron chi connectivity index (χ2n) is 8.28. The van der Waals surface area contributed by atoms with Crippen LogP contribution < -0.4 is 0 Å². The Morgan fingerprint density at radius 1 is 0.722 bits per heavy atom. The lowest BCUT2D eigenvalue weighted by atomic mass is 10.0. The van der Waals surface area contributed by atoms with Gasteiger partial charge in [0.05, 0.1) is 9.79 Å². The van der Waals surface area contributed by atoms with Gasteiger partial charge in [-0.1, -0.05) is 72.3 Å². The number of hydrogen-bond donors (Lipinski definition) is 0. The highest BCUT2D eigenvalue weighted by molar-refractivity contribution is 7.90. The van der Waals surface area contributed by atoms with Gasteiger partial charge in [-0.15, -0.1) is 0 Å². The maximum absolute atomic E-state index is 14.5. The predicted molar refractivity (Wildman–Crippen MR) is 139 cm³/mol. The van der Waals surface area contributed by atoms with Crippen LogP contribution in [0.15, 0.2) is 107 Å². The fraction of sp³-hybridized carbons (Fsp3) is 0.111. The lowest BCUT2D eigenvalue weighted by Crippen LogP contribution is -2.30. The molecule has 0 aliphatic heterocycles. The zero-order valence-corrected chi connectivity index (χ0v) is 21.7. The first kappa shape index (κ1) is 26.0. The Kier molecular flexibility index (Phi) is 7.61. The molecule has 0 atom stereocenters. The Morgan fingerprint density at radius 2 is 1.36 bits per heavy atom. The summed E-state index contributed by atoms with van der Waals surface area (Å²) in [4.78, 5) is 0.303. The van der Waals surface area contributed by atoms with Gasteiger partial charge in [0.15, 0.2) is 9.84 Å². The van der Waals surface area contributed by atoms with E-state index in [9.17, 15) is 21.2 Å². The van der Waals surface area contributed by atoms with Gasteiger partial charge in [-0.05, 0) is 53.1 Å². The largest absolute Gasteiger partial charge is 0.243 e. The third kappa shape index (κ3) is 5.84. The summed E-state index contributed by atoms with van der Waals surface area (Å²) in [6.45, 7) is -0.271. The highest BCUT2D eigenvalue weighted by atomic mass is 35.5. The van der Waals surface area contributed by atoms with E-state index in [1.54, 1.807) is 60.7 Å². The highest BCUT2D eigenvalue weighted by Crippen LogP contribution is 2.28. The molecule has 0 saturated heterocycles. The number of sulfonamides is 1. The molecule has 4 aromatic carbocycles. The van der Waals surface area contributed by atoms with Crippen molar-refractivity contribution in [2.75, 3.05) is 6.26 Å². The average Bonchev–Trinajstić information content (AvgIpc) is 2.86. The molecule has 0 unspecified atom stereocenters. The molecule has 4 aromatic rings. The van der Waals surface area contributed by atoms with Crippen molar-refractivity contribution in [3.8, 4) is 11.1 Å². The van der Waals surface area contributed by atoms with Crippen LogP contribution in [0.3, 0.4) is 0 Å². The molecule has 0 radical (unpaired) electrons. The Bertz CT molecular complexity index is 1570. The summed E-state index contributed by atoms with van der Waals surface area (Å²) < 4.78 is 66.5. The molecule has 0 heterocycles. The van der Waals surface area contributed by atoms with Crippen LogP contribution in [-0.4, -0.2) is 27.4 Å². The van der Waals surface area contributed by atoms with Gasteiger partial charge in [0.25, 0.3) is 0 Å². The van der Waals surface area contributed by atoms with Gasteiger partial charge >= 0.3 is 0 Å². The van der Waals surface area contributed by atoms with E-state index in [0.717, 1.165) is 17.4 Å². The van der Waals surface area contributed by atoms with Gasteiger partial charge in [-0.3, -0.25) is 0 Å². The van der Waals surface area contributed by atoms with E-state index in [4.69, 9.17) is 11.6 Å². The molecule has 0 N–H and O–H groups in total. The van der Waals surface area contributed by atoms with Crippen molar-refractivity contribution < 1.29 is 21.2 Å². The van der Waals surface area contributed by atoms with Crippen molar-refractivity contribution in [2.24, 2.45) is 0 Å². The van der Waals surface area contributed by atoms with Gasteiger partial charge < -0.3 is 0 Å². The molecular weight excluding hydrogens is 521 g/mol. The van der Waals surface area contributed by atoms with Crippen LogP contribution in [0.2, 0.25) is 5.02 Å². The van der Waals surface area contributed by atoms with E-state index >= 15 is 0 Å². The summed E-state index contributed by atoms with van der Waals surface area (Å²) in [7, 11) is -7.33. The smallest absolute Gasteiger partial charge is 0.224 e. The Balaban J connectivity index is 1.67. The summed E-state index contributed by atoms with van der Waals surface area (Å²) in [6.07, 6.45) is 1.15. The Labute approximate surface area is 215 Å². The average molecular weight is 544 g/mol. The van der Waals surface area contributed by atoms with Crippen LogP contribution in [0.1, 0.15) is 11.1 Å². The minimum atomic E-state index is -3.97. The van der Waals surface area contributed by atoms with Gasteiger partial charge in [0.2, 0.25) is 10.0 Å². The second-order valence-corrected chi connectivity index (χ2v) is 12.6. The maximum atomic E-state index is 14.5. The van der Waals surface area contributed by atoms with Crippen molar-refractivity contribution >= 4 is 31.5 Å². The van der Waals surface area contributed by atoms with Crippen LogP contribution in [-0.2, 0) is 33.0 Å². The van der Waals surface area contributed by atoms with E-state index < -0.39 is 25.7 Å². The van der Waals surface area contributed by atoms with Gasteiger partial charge in [0.1, 0.15) is 5.82 Å². The first-order valence-corrected chi connectivity index (χ1v) is 14.6. The molecule has 0 aliphatic carbocycles. The van der Waals surface area contributed by atoms with Gasteiger partial charge in [-0.2, -0.15) is 4.31 Å². The number of halogens is 2. The second kappa shape index (κ2) is 10.5. The molecule has 9 heteroatoms. The standard InChI is InChI=1S/C27H23ClFNO4S2/c1-35(31,32)24-10-5-7-22(17-24)21-15-13-20(14-16-21)18-30(19-25-26(28)11-6-12-27(25)29)36(33,34)23-8-3-2-4-9-23/h2-17H,18-19H2,1H3. The third-order valence-electron chi connectivity index (χ3n) is 5.69. The zero-order chi connectivity index (χ0) is 25.9.